The standard InChI is InChI=1S/C28H38N6O5/c1-18(35)39-14-8-13-29-25(36)19-11-12-21(23(15-19)38-5)31-27-30-16-22-24(32-27)34(20-9-6-7-10-20)17-28(2,3)26(37)33(22)4/h11-12,15-16,20H,6-10,13-14,17H2,1-5H3,(H,29,36)(H,30,31,32). The second-order valence-electron chi connectivity index (χ2n) is 10.7. The second-order valence-corrected chi connectivity index (χ2v) is 10.7. The van der Waals surface area contributed by atoms with E-state index in [1.54, 1.807) is 36.3 Å². The minimum atomic E-state index is -0.564. The number of fused-ring (bicyclic) bond motifs is 1. The molecule has 1 aromatic carbocycles. The van der Waals surface area contributed by atoms with Gasteiger partial charge in [0.25, 0.3) is 5.91 Å². The molecule has 0 radical (unpaired) electrons. The predicted molar refractivity (Wildman–Crippen MR) is 149 cm³/mol. The zero-order valence-electron chi connectivity index (χ0n) is 23.4. The smallest absolute Gasteiger partial charge is 0.302 e. The Kier molecular flexibility index (Phi) is 8.57. The number of hydrogen-bond donors (Lipinski definition) is 2. The molecule has 2 N–H and O–H groups in total. The van der Waals surface area contributed by atoms with Gasteiger partial charge in [-0.3, -0.25) is 14.4 Å². The summed E-state index contributed by atoms with van der Waals surface area (Å²) < 4.78 is 10.4. The maximum atomic E-state index is 13.2. The lowest BCUT2D eigenvalue weighted by Gasteiger charge is -2.34. The van der Waals surface area contributed by atoms with Gasteiger partial charge in [0.05, 0.1) is 31.0 Å². The molecule has 1 saturated carbocycles. The molecule has 0 atom stereocenters. The number of ether oxygens (including phenoxy) is 2. The summed E-state index contributed by atoms with van der Waals surface area (Å²) in [5.74, 6) is 1.01. The van der Waals surface area contributed by atoms with E-state index < -0.39 is 5.41 Å². The summed E-state index contributed by atoms with van der Waals surface area (Å²) >= 11 is 0. The van der Waals surface area contributed by atoms with Crippen molar-refractivity contribution in [2.45, 2.75) is 58.9 Å². The van der Waals surface area contributed by atoms with E-state index in [2.05, 4.69) is 20.5 Å². The van der Waals surface area contributed by atoms with Crippen LogP contribution in [0.1, 0.15) is 63.2 Å². The van der Waals surface area contributed by atoms with Crippen molar-refractivity contribution in [2.75, 3.05) is 49.0 Å². The molecule has 0 unspecified atom stereocenters. The van der Waals surface area contributed by atoms with Crippen molar-refractivity contribution in [3.63, 3.8) is 0 Å². The van der Waals surface area contributed by atoms with Gasteiger partial charge in [-0.15, -0.1) is 0 Å². The van der Waals surface area contributed by atoms with Gasteiger partial charge in [-0.1, -0.05) is 12.8 Å². The minimum Gasteiger partial charge on any atom is -0.495 e. The van der Waals surface area contributed by atoms with Crippen molar-refractivity contribution in [3.8, 4) is 5.75 Å². The number of nitrogens with one attached hydrogen (secondary N) is 2. The summed E-state index contributed by atoms with van der Waals surface area (Å²) in [4.78, 5) is 50.0. The SMILES string of the molecule is COc1cc(C(=O)NCCCOC(C)=O)ccc1Nc1ncc2c(n1)N(C1CCCC1)CC(C)(C)C(=O)N2C. The highest BCUT2D eigenvalue weighted by Crippen LogP contribution is 2.40. The van der Waals surface area contributed by atoms with Gasteiger partial charge in [-0.25, -0.2) is 4.98 Å². The lowest BCUT2D eigenvalue weighted by molar-refractivity contribution is -0.141. The van der Waals surface area contributed by atoms with Crippen LogP contribution in [0.25, 0.3) is 0 Å². The number of amides is 2. The average molecular weight is 539 g/mol. The number of benzene rings is 1. The van der Waals surface area contributed by atoms with Crippen molar-refractivity contribution in [2.24, 2.45) is 5.41 Å². The quantitative estimate of drug-likeness (QED) is 0.363. The zero-order chi connectivity index (χ0) is 28.2. The first-order chi connectivity index (χ1) is 18.6. The number of methoxy groups -OCH3 is 1. The first kappa shape index (κ1) is 28.1. The van der Waals surface area contributed by atoms with Crippen molar-refractivity contribution >= 4 is 40.9 Å². The minimum absolute atomic E-state index is 0.0375. The van der Waals surface area contributed by atoms with Crippen LogP contribution in [0.2, 0.25) is 0 Å². The Morgan fingerprint density at radius 1 is 1.21 bits per heavy atom. The zero-order valence-corrected chi connectivity index (χ0v) is 23.4. The monoisotopic (exact) mass is 538 g/mol. The van der Waals surface area contributed by atoms with Gasteiger partial charge in [0.1, 0.15) is 11.4 Å². The van der Waals surface area contributed by atoms with Crippen LogP contribution in [0.3, 0.4) is 0 Å². The number of carbonyl (C=O) groups excluding carboxylic acids is 3. The van der Waals surface area contributed by atoms with Gasteiger partial charge in [0.15, 0.2) is 5.82 Å². The lowest BCUT2D eigenvalue weighted by Crippen LogP contribution is -2.45. The van der Waals surface area contributed by atoms with Crippen LogP contribution in [-0.2, 0) is 14.3 Å². The maximum absolute atomic E-state index is 13.2. The Balaban J connectivity index is 1.54. The molecule has 1 aliphatic heterocycles. The van der Waals surface area contributed by atoms with Gasteiger partial charge in [0, 0.05) is 38.7 Å². The van der Waals surface area contributed by atoms with E-state index in [-0.39, 0.29) is 24.4 Å². The van der Waals surface area contributed by atoms with E-state index in [4.69, 9.17) is 14.5 Å². The number of rotatable bonds is 9. The van der Waals surface area contributed by atoms with Crippen LogP contribution in [0.5, 0.6) is 5.75 Å². The molecule has 2 aromatic rings. The number of aromatic nitrogens is 2. The summed E-state index contributed by atoms with van der Waals surface area (Å²) in [5.41, 5.74) is 1.17. The fourth-order valence-electron chi connectivity index (χ4n) is 5.17. The van der Waals surface area contributed by atoms with Crippen LogP contribution in [0, 0.1) is 5.41 Å². The van der Waals surface area contributed by atoms with E-state index in [9.17, 15) is 14.4 Å². The molecule has 210 valence electrons. The number of anilines is 4. The highest BCUT2D eigenvalue weighted by Gasteiger charge is 2.41. The average Bonchev–Trinajstić information content (AvgIpc) is 3.43. The summed E-state index contributed by atoms with van der Waals surface area (Å²) in [6.07, 6.45) is 6.69. The molecule has 2 amide bonds. The van der Waals surface area contributed by atoms with Gasteiger partial charge >= 0.3 is 5.97 Å². The third kappa shape index (κ3) is 6.40. The Bertz CT molecular complexity index is 1230. The Labute approximate surface area is 229 Å². The molecule has 1 fully saturated rings. The summed E-state index contributed by atoms with van der Waals surface area (Å²) in [6, 6.07) is 5.41. The van der Waals surface area contributed by atoms with Crippen LogP contribution in [0.4, 0.5) is 23.1 Å². The third-order valence-corrected chi connectivity index (χ3v) is 7.22. The van der Waals surface area contributed by atoms with E-state index in [1.165, 1.54) is 26.9 Å². The van der Waals surface area contributed by atoms with Crippen molar-refractivity contribution in [3.05, 3.63) is 30.0 Å². The van der Waals surface area contributed by atoms with Crippen LogP contribution < -0.4 is 25.2 Å². The van der Waals surface area contributed by atoms with Crippen LogP contribution >= 0.6 is 0 Å². The third-order valence-electron chi connectivity index (χ3n) is 7.22. The molecular weight excluding hydrogens is 500 g/mol. The highest BCUT2D eigenvalue weighted by molar-refractivity contribution is 6.01. The molecule has 4 rings (SSSR count). The van der Waals surface area contributed by atoms with Crippen molar-refractivity contribution in [1.29, 1.82) is 0 Å². The van der Waals surface area contributed by atoms with Crippen LogP contribution in [0.15, 0.2) is 24.4 Å². The van der Waals surface area contributed by atoms with E-state index in [0.29, 0.717) is 54.2 Å². The summed E-state index contributed by atoms with van der Waals surface area (Å²) in [7, 11) is 3.31. The van der Waals surface area contributed by atoms with Gasteiger partial charge in [-0.05, 0) is 51.3 Å². The first-order valence-corrected chi connectivity index (χ1v) is 13.4. The van der Waals surface area contributed by atoms with Crippen LogP contribution in [-0.4, -0.2) is 67.6 Å². The summed E-state index contributed by atoms with van der Waals surface area (Å²) in [5, 5.41) is 6.04. The number of nitrogens with zero attached hydrogens (tertiary/aromatic N) is 4. The molecule has 0 bridgehead atoms. The molecule has 1 aliphatic carbocycles. The number of esters is 1. The fourth-order valence-corrected chi connectivity index (χ4v) is 5.17. The molecule has 11 heteroatoms. The normalized spacial score (nSPS) is 16.9. The lowest BCUT2D eigenvalue weighted by atomic mass is 9.91. The molecular formula is C28H38N6O5. The predicted octanol–water partition coefficient (Wildman–Crippen LogP) is 3.66. The van der Waals surface area contributed by atoms with Gasteiger partial charge < -0.3 is 29.9 Å². The molecule has 11 nitrogen and oxygen atoms in total. The molecule has 2 aliphatic rings. The number of hydrogen-bond acceptors (Lipinski definition) is 9. The van der Waals surface area contributed by atoms with E-state index in [1.807, 2.05) is 13.8 Å². The van der Waals surface area contributed by atoms with E-state index >= 15 is 0 Å². The topological polar surface area (TPSA) is 126 Å². The van der Waals surface area contributed by atoms with Crippen molar-refractivity contribution < 1.29 is 23.9 Å². The largest absolute Gasteiger partial charge is 0.495 e. The van der Waals surface area contributed by atoms with Crippen molar-refractivity contribution in [1.82, 2.24) is 15.3 Å². The van der Waals surface area contributed by atoms with Gasteiger partial charge in [0.2, 0.25) is 11.9 Å². The Morgan fingerprint density at radius 2 is 1.95 bits per heavy atom. The molecule has 2 heterocycles. The highest BCUT2D eigenvalue weighted by atomic mass is 16.5. The molecule has 0 spiro atoms. The Hall–Kier alpha value is -3.89. The molecule has 0 saturated heterocycles. The maximum Gasteiger partial charge on any atom is 0.302 e. The van der Waals surface area contributed by atoms with E-state index in [0.717, 1.165) is 18.7 Å². The first-order valence-electron chi connectivity index (χ1n) is 13.4. The van der Waals surface area contributed by atoms with Gasteiger partial charge in [-0.2, -0.15) is 4.98 Å². The number of carbonyl (C=O) groups is 3. The second kappa shape index (κ2) is 11.9. The molecule has 1 aromatic heterocycles. The summed E-state index contributed by atoms with van der Waals surface area (Å²) in [6.45, 7) is 6.52. The fraction of sp³-hybridized carbons (Fsp3) is 0.536. The molecule has 39 heavy (non-hydrogen) atoms. The Morgan fingerprint density at radius 3 is 2.64 bits per heavy atom.